The molecular weight excluding hydrogens is 274 g/mol. The first-order valence-electron chi connectivity index (χ1n) is 4.89. The number of ether oxygens (including phenoxy) is 1. The zero-order valence-electron chi connectivity index (χ0n) is 9.33. The van der Waals surface area contributed by atoms with Crippen molar-refractivity contribution in [2.45, 2.75) is 6.92 Å². The number of hydrogen-bond donors (Lipinski definition) is 3. The van der Waals surface area contributed by atoms with E-state index in [-0.39, 0.29) is 0 Å². The van der Waals surface area contributed by atoms with Crippen LogP contribution in [0.2, 0.25) is 0 Å². The molecule has 1 aromatic heterocycles. The van der Waals surface area contributed by atoms with Gasteiger partial charge in [-0.15, -0.1) is 0 Å². The average Bonchev–Trinajstić information content (AvgIpc) is 2.28. The number of nitrogen functional groups attached to an aromatic ring is 1. The van der Waals surface area contributed by atoms with Gasteiger partial charge in [-0.05, 0) is 21.8 Å². The van der Waals surface area contributed by atoms with E-state index in [1.807, 2.05) is 0 Å². The topological polar surface area (TPSA) is 85.1 Å². The Kier molecular flexibility index (Phi) is 5.44. The van der Waals surface area contributed by atoms with E-state index in [9.17, 15) is 0 Å². The Hall–Kier alpha value is -0.920. The molecule has 0 amide bonds. The summed E-state index contributed by atoms with van der Waals surface area (Å²) in [4.78, 5) is 8.08. The molecule has 0 radical (unpaired) electrons. The van der Waals surface area contributed by atoms with Crippen molar-refractivity contribution in [3.8, 4) is 0 Å². The number of aromatic nitrogens is 2. The van der Waals surface area contributed by atoms with E-state index in [4.69, 9.17) is 10.6 Å². The van der Waals surface area contributed by atoms with E-state index in [1.54, 1.807) is 7.11 Å². The van der Waals surface area contributed by atoms with Crippen molar-refractivity contribution in [2.75, 3.05) is 31.0 Å². The number of rotatable bonds is 6. The fourth-order valence-corrected chi connectivity index (χ4v) is 1.67. The van der Waals surface area contributed by atoms with Crippen LogP contribution in [0.5, 0.6) is 0 Å². The predicted molar refractivity (Wildman–Crippen MR) is 67.1 cm³/mol. The quantitative estimate of drug-likeness (QED) is 0.539. The number of halogens is 1. The monoisotopic (exact) mass is 289 g/mol. The van der Waals surface area contributed by atoms with Gasteiger partial charge in [-0.25, -0.2) is 15.8 Å². The molecule has 1 rings (SSSR count). The standard InChI is InChI=1S/C9H16BrN5O/c1-6(4-16-2)3-12-8-7(10)9(15-11)14-5-13-8/h5-6H,3-4,11H2,1-2H3,(H2,12,13,14,15). The number of nitrogens with one attached hydrogen (secondary N) is 2. The summed E-state index contributed by atoms with van der Waals surface area (Å²) in [5.74, 6) is 6.98. The fourth-order valence-electron chi connectivity index (χ4n) is 1.21. The van der Waals surface area contributed by atoms with Crippen LogP contribution in [-0.4, -0.2) is 30.2 Å². The molecule has 6 nitrogen and oxygen atoms in total. The Bertz CT molecular complexity index is 336. The number of hydrazine groups is 1. The van der Waals surface area contributed by atoms with Crippen LogP contribution in [0.4, 0.5) is 11.6 Å². The van der Waals surface area contributed by atoms with Crippen molar-refractivity contribution >= 4 is 27.6 Å². The van der Waals surface area contributed by atoms with Crippen LogP contribution in [0.15, 0.2) is 10.8 Å². The molecule has 0 saturated heterocycles. The normalized spacial score (nSPS) is 12.2. The minimum Gasteiger partial charge on any atom is -0.384 e. The molecule has 1 heterocycles. The molecule has 90 valence electrons. The van der Waals surface area contributed by atoms with Gasteiger partial charge in [0.05, 0.1) is 6.61 Å². The van der Waals surface area contributed by atoms with Gasteiger partial charge in [-0.1, -0.05) is 6.92 Å². The van der Waals surface area contributed by atoms with Gasteiger partial charge in [-0.2, -0.15) is 0 Å². The molecule has 1 aromatic rings. The summed E-state index contributed by atoms with van der Waals surface area (Å²) in [5, 5.41) is 3.20. The van der Waals surface area contributed by atoms with E-state index < -0.39 is 0 Å². The lowest BCUT2D eigenvalue weighted by molar-refractivity contribution is 0.164. The highest BCUT2D eigenvalue weighted by atomic mass is 79.9. The number of nitrogens with zero attached hydrogens (tertiary/aromatic N) is 2. The molecule has 1 unspecified atom stereocenters. The van der Waals surface area contributed by atoms with Crippen LogP contribution in [0, 0.1) is 5.92 Å². The minimum absolute atomic E-state index is 0.404. The SMILES string of the molecule is COCC(C)CNc1ncnc(NN)c1Br. The van der Waals surface area contributed by atoms with Crippen LogP contribution < -0.4 is 16.6 Å². The lowest BCUT2D eigenvalue weighted by atomic mass is 10.2. The zero-order chi connectivity index (χ0) is 12.0. The van der Waals surface area contributed by atoms with Gasteiger partial charge in [0, 0.05) is 13.7 Å². The van der Waals surface area contributed by atoms with Crippen LogP contribution in [-0.2, 0) is 4.74 Å². The first-order chi connectivity index (χ1) is 7.69. The summed E-state index contributed by atoms with van der Waals surface area (Å²) in [6.45, 7) is 3.57. The Morgan fingerprint density at radius 2 is 2.19 bits per heavy atom. The third-order valence-corrected chi connectivity index (χ3v) is 2.75. The maximum Gasteiger partial charge on any atom is 0.159 e. The summed E-state index contributed by atoms with van der Waals surface area (Å²) in [6, 6.07) is 0. The van der Waals surface area contributed by atoms with Crippen LogP contribution >= 0.6 is 15.9 Å². The molecule has 0 fully saturated rings. The highest BCUT2D eigenvalue weighted by Gasteiger charge is 2.08. The van der Waals surface area contributed by atoms with E-state index in [1.165, 1.54) is 6.33 Å². The number of nitrogens with two attached hydrogens (primary N) is 1. The van der Waals surface area contributed by atoms with Gasteiger partial charge >= 0.3 is 0 Å². The molecule has 0 spiro atoms. The van der Waals surface area contributed by atoms with Gasteiger partial charge in [0.15, 0.2) is 5.82 Å². The second-order valence-electron chi connectivity index (χ2n) is 3.47. The molecule has 16 heavy (non-hydrogen) atoms. The van der Waals surface area contributed by atoms with Crippen molar-refractivity contribution in [1.29, 1.82) is 0 Å². The van der Waals surface area contributed by atoms with Gasteiger partial charge in [0.2, 0.25) is 0 Å². The highest BCUT2D eigenvalue weighted by Crippen LogP contribution is 2.25. The molecule has 0 saturated carbocycles. The van der Waals surface area contributed by atoms with E-state index >= 15 is 0 Å². The highest BCUT2D eigenvalue weighted by molar-refractivity contribution is 9.10. The molecule has 1 atom stereocenters. The summed E-state index contributed by atoms with van der Waals surface area (Å²) >= 11 is 3.37. The minimum atomic E-state index is 0.404. The second kappa shape index (κ2) is 6.62. The second-order valence-corrected chi connectivity index (χ2v) is 4.26. The molecule has 0 aromatic carbocycles. The van der Waals surface area contributed by atoms with E-state index in [2.05, 4.69) is 43.6 Å². The van der Waals surface area contributed by atoms with Crippen molar-refractivity contribution in [3.05, 3.63) is 10.8 Å². The fraction of sp³-hybridized carbons (Fsp3) is 0.556. The summed E-state index contributed by atoms with van der Waals surface area (Å²) in [7, 11) is 1.69. The van der Waals surface area contributed by atoms with E-state index in [0.717, 1.165) is 11.0 Å². The lowest BCUT2D eigenvalue weighted by Gasteiger charge is -2.13. The Balaban J connectivity index is 2.60. The maximum atomic E-state index is 5.31. The maximum absolute atomic E-state index is 5.31. The first-order valence-corrected chi connectivity index (χ1v) is 5.68. The van der Waals surface area contributed by atoms with Crippen LogP contribution in [0.1, 0.15) is 6.92 Å². The third-order valence-electron chi connectivity index (χ3n) is 2.00. The van der Waals surface area contributed by atoms with E-state index in [0.29, 0.717) is 24.2 Å². The first kappa shape index (κ1) is 13.1. The number of hydrogen-bond acceptors (Lipinski definition) is 6. The summed E-state index contributed by atoms with van der Waals surface area (Å²) in [6.07, 6.45) is 1.45. The molecular formula is C9H16BrN5O. The molecule has 0 aliphatic heterocycles. The summed E-state index contributed by atoms with van der Waals surface area (Å²) < 4.78 is 5.77. The van der Waals surface area contributed by atoms with Crippen molar-refractivity contribution in [3.63, 3.8) is 0 Å². The van der Waals surface area contributed by atoms with Gasteiger partial charge in [0.1, 0.15) is 16.6 Å². The molecule has 0 aliphatic carbocycles. The Morgan fingerprint density at radius 3 is 2.81 bits per heavy atom. The predicted octanol–water partition coefficient (Wildman–Crippen LogP) is 1.22. The summed E-state index contributed by atoms with van der Waals surface area (Å²) in [5.41, 5.74) is 2.49. The Morgan fingerprint density at radius 1 is 1.50 bits per heavy atom. The van der Waals surface area contributed by atoms with Gasteiger partial charge in [0.25, 0.3) is 0 Å². The smallest absolute Gasteiger partial charge is 0.159 e. The largest absolute Gasteiger partial charge is 0.384 e. The zero-order valence-corrected chi connectivity index (χ0v) is 10.9. The Labute approximate surface area is 103 Å². The lowest BCUT2D eigenvalue weighted by Crippen LogP contribution is -2.17. The van der Waals surface area contributed by atoms with Crippen LogP contribution in [0.3, 0.4) is 0 Å². The van der Waals surface area contributed by atoms with Crippen molar-refractivity contribution in [2.24, 2.45) is 11.8 Å². The van der Waals surface area contributed by atoms with Gasteiger partial charge in [-0.3, -0.25) is 0 Å². The molecule has 4 N–H and O–H groups in total. The van der Waals surface area contributed by atoms with Crippen LogP contribution in [0.25, 0.3) is 0 Å². The van der Waals surface area contributed by atoms with Crippen molar-refractivity contribution < 1.29 is 4.74 Å². The molecule has 0 aliphatic rings. The average molecular weight is 290 g/mol. The third kappa shape index (κ3) is 3.58. The number of anilines is 2. The van der Waals surface area contributed by atoms with Crippen molar-refractivity contribution in [1.82, 2.24) is 9.97 Å². The van der Waals surface area contributed by atoms with Gasteiger partial charge < -0.3 is 15.5 Å². The molecule has 0 bridgehead atoms. The number of methoxy groups -OCH3 is 1. The molecule has 7 heteroatoms.